The minimum absolute atomic E-state index is 0.594. The first-order valence-electron chi connectivity index (χ1n) is 11.9. The van der Waals surface area contributed by atoms with Crippen LogP contribution >= 0.6 is 0 Å². The maximum absolute atomic E-state index is 9.20. The fraction of sp³-hybridized carbons (Fsp3) is 0.957. The van der Waals surface area contributed by atoms with Crippen LogP contribution in [0.4, 0.5) is 0 Å². The molecule has 0 spiro atoms. The summed E-state index contributed by atoms with van der Waals surface area (Å²) < 4.78 is 1.22. The van der Waals surface area contributed by atoms with Gasteiger partial charge in [-0.15, -0.1) is 0 Å². The monoisotopic (exact) mass is 365 g/mol. The molecule has 0 unspecified atom stereocenters. The van der Waals surface area contributed by atoms with Crippen LogP contribution in [0, 0.1) is 5.92 Å². The average Bonchev–Trinajstić information content (AvgIpc) is 2.69. The first-order valence-corrected chi connectivity index (χ1v) is 11.9. The standard InChI is InChI=1S/C23H44N2O/c1-2-3-4-5-6-7-8-9-10-11-12-13-14-15-18-25-19-16-22(17-20-25)23(21-25)24-26/h22H,2-21H2,1H3/p+1/b24-23-. The van der Waals surface area contributed by atoms with Gasteiger partial charge in [0.15, 0.2) is 0 Å². The van der Waals surface area contributed by atoms with Crippen molar-refractivity contribution in [3.05, 3.63) is 0 Å². The molecule has 1 N–H and O–H groups in total. The lowest BCUT2D eigenvalue weighted by Gasteiger charge is -2.49. The van der Waals surface area contributed by atoms with E-state index in [2.05, 4.69) is 12.1 Å². The topological polar surface area (TPSA) is 32.6 Å². The molecule has 0 atom stereocenters. The molecule has 3 aliphatic heterocycles. The molecule has 0 aliphatic carbocycles. The molecular weight excluding hydrogens is 320 g/mol. The highest BCUT2D eigenvalue weighted by Crippen LogP contribution is 2.32. The molecule has 0 amide bonds. The van der Waals surface area contributed by atoms with Crippen LogP contribution in [0.15, 0.2) is 5.16 Å². The predicted octanol–water partition coefficient (Wildman–Crippen LogP) is 6.54. The van der Waals surface area contributed by atoms with E-state index in [0.717, 1.165) is 12.3 Å². The third-order valence-electron chi connectivity index (χ3n) is 6.99. The summed E-state index contributed by atoms with van der Waals surface area (Å²) in [5.74, 6) is 0.594. The van der Waals surface area contributed by atoms with Gasteiger partial charge in [-0.05, 0) is 12.8 Å². The fourth-order valence-corrected chi connectivity index (χ4v) is 5.14. The molecule has 0 saturated carbocycles. The van der Waals surface area contributed by atoms with Gasteiger partial charge in [-0.3, -0.25) is 0 Å². The molecule has 26 heavy (non-hydrogen) atoms. The van der Waals surface area contributed by atoms with Gasteiger partial charge in [-0.1, -0.05) is 89.1 Å². The molecule has 3 heteroatoms. The van der Waals surface area contributed by atoms with E-state index in [0.29, 0.717) is 5.92 Å². The quantitative estimate of drug-likeness (QED) is 0.152. The first-order chi connectivity index (χ1) is 12.8. The Balaban J connectivity index is 1.37. The van der Waals surface area contributed by atoms with E-state index >= 15 is 0 Å². The van der Waals surface area contributed by atoms with Crippen LogP contribution in [-0.4, -0.2) is 41.6 Å². The van der Waals surface area contributed by atoms with E-state index in [9.17, 15) is 5.21 Å². The number of quaternary nitrogens is 1. The molecule has 0 aromatic carbocycles. The molecule has 3 fully saturated rings. The van der Waals surface area contributed by atoms with Crippen molar-refractivity contribution >= 4 is 5.71 Å². The third-order valence-corrected chi connectivity index (χ3v) is 6.99. The lowest BCUT2D eigenvalue weighted by Crippen LogP contribution is -2.62. The molecule has 3 saturated heterocycles. The van der Waals surface area contributed by atoms with E-state index < -0.39 is 0 Å². The van der Waals surface area contributed by atoms with Crippen molar-refractivity contribution in [1.82, 2.24) is 0 Å². The number of nitrogens with zero attached hydrogens (tertiary/aromatic N) is 2. The predicted molar refractivity (Wildman–Crippen MR) is 112 cm³/mol. The number of rotatable bonds is 15. The Morgan fingerprint density at radius 3 is 1.69 bits per heavy atom. The number of unbranched alkanes of at least 4 members (excludes halogenated alkanes) is 13. The Bertz CT molecular complexity index is 386. The molecule has 152 valence electrons. The van der Waals surface area contributed by atoms with Crippen LogP contribution in [0.5, 0.6) is 0 Å². The second kappa shape index (κ2) is 12.8. The summed E-state index contributed by atoms with van der Waals surface area (Å²) in [7, 11) is 0. The van der Waals surface area contributed by atoms with Gasteiger partial charge < -0.3 is 9.69 Å². The molecule has 0 aromatic rings. The SMILES string of the molecule is CCCCCCCCCCCCCCCC[N+]12CCC(CC1)/C(=N\O)C2. The fourth-order valence-electron chi connectivity index (χ4n) is 5.14. The molecule has 3 heterocycles. The van der Waals surface area contributed by atoms with Crippen molar-refractivity contribution in [2.45, 2.75) is 110 Å². The second-order valence-electron chi connectivity index (χ2n) is 9.13. The van der Waals surface area contributed by atoms with Gasteiger partial charge in [-0.25, -0.2) is 0 Å². The molecule has 3 aliphatic rings. The van der Waals surface area contributed by atoms with Crippen molar-refractivity contribution < 1.29 is 9.69 Å². The van der Waals surface area contributed by atoms with Crippen molar-refractivity contribution in [2.24, 2.45) is 11.1 Å². The van der Waals surface area contributed by atoms with Gasteiger partial charge in [0, 0.05) is 18.8 Å². The average molecular weight is 366 g/mol. The Kier molecular flexibility index (Phi) is 10.7. The summed E-state index contributed by atoms with van der Waals surface area (Å²) in [6.45, 7) is 7.27. The number of piperidine rings is 3. The Morgan fingerprint density at radius 2 is 1.23 bits per heavy atom. The summed E-state index contributed by atoms with van der Waals surface area (Å²) in [6, 6.07) is 0. The minimum Gasteiger partial charge on any atom is -0.411 e. The Hall–Kier alpha value is -0.570. The second-order valence-corrected chi connectivity index (χ2v) is 9.13. The summed E-state index contributed by atoms with van der Waals surface area (Å²) in [5.41, 5.74) is 1.09. The van der Waals surface area contributed by atoms with E-state index in [4.69, 9.17) is 0 Å². The van der Waals surface area contributed by atoms with Crippen molar-refractivity contribution in [2.75, 3.05) is 26.2 Å². The lowest BCUT2D eigenvalue weighted by atomic mass is 9.84. The van der Waals surface area contributed by atoms with Crippen LogP contribution in [0.2, 0.25) is 0 Å². The molecular formula is C23H45N2O+. The molecule has 2 bridgehead atoms. The van der Waals surface area contributed by atoms with Crippen LogP contribution in [-0.2, 0) is 0 Å². The maximum Gasteiger partial charge on any atom is 0.121 e. The highest BCUT2D eigenvalue weighted by atomic mass is 16.4. The smallest absolute Gasteiger partial charge is 0.121 e. The van der Waals surface area contributed by atoms with Crippen molar-refractivity contribution in [3.8, 4) is 0 Å². The van der Waals surface area contributed by atoms with Crippen LogP contribution in [0.1, 0.15) is 110 Å². The Morgan fingerprint density at radius 1 is 0.769 bits per heavy atom. The number of fused-ring (bicyclic) bond motifs is 3. The first kappa shape index (κ1) is 21.7. The zero-order valence-corrected chi connectivity index (χ0v) is 17.6. The van der Waals surface area contributed by atoms with Gasteiger partial charge in [0.25, 0.3) is 0 Å². The minimum atomic E-state index is 0.594. The number of oxime groups is 1. The largest absolute Gasteiger partial charge is 0.411 e. The Labute approximate surface area is 162 Å². The maximum atomic E-state index is 9.20. The summed E-state index contributed by atoms with van der Waals surface area (Å²) in [5, 5.41) is 12.8. The van der Waals surface area contributed by atoms with Gasteiger partial charge in [0.1, 0.15) is 12.3 Å². The van der Waals surface area contributed by atoms with Crippen LogP contribution in [0.25, 0.3) is 0 Å². The van der Waals surface area contributed by atoms with E-state index in [-0.39, 0.29) is 0 Å². The van der Waals surface area contributed by atoms with Crippen molar-refractivity contribution in [1.29, 1.82) is 0 Å². The van der Waals surface area contributed by atoms with Gasteiger partial charge in [-0.2, -0.15) is 0 Å². The highest BCUT2D eigenvalue weighted by Gasteiger charge is 2.43. The zero-order chi connectivity index (χ0) is 18.5. The third kappa shape index (κ3) is 7.58. The lowest BCUT2D eigenvalue weighted by molar-refractivity contribution is -0.930. The normalized spacial score (nSPS) is 26.7. The van der Waals surface area contributed by atoms with E-state index in [1.54, 1.807) is 0 Å². The van der Waals surface area contributed by atoms with Gasteiger partial charge >= 0.3 is 0 Å². The molecule has 3 nitrogen and oxygen atoms in total. The van der Waals surface area contributed by atoms with Crippen molar-refractivity contribution in [3.63, 3.8) is 0 Å². The number of hydrogen-bond acceptors (Lipinski definition) is 2. The molecule has 0 radical (unpaired) electrons. The molecule has 0 aromatic heterocycles. The van der Waals surface area contributed by atoms with Crippen LogP contribution in [0.3, 0.4) is 0 Å². The highest BCUT2D eigenvalue weighted by molar-refractivity contribution is 5.88. The molecule has 3 rings (SSSR count). The summed E-state index contributed by atoms with van der Waals surface area (Å²) >= 11 is 0. The van der Waals surface area contributed by atoms with Gasteiger partial charge in [0.2, 0.25) is 0 Å². The van der Waals surface area contributed by atoms with E-state index in [1.807, 2.05) is 0 Å². The van der Waals surface area contributed by atoms with Crippen LogP contribution < -0.4 is 0 Å². The van der Waals surface area contributed by atoms with Gasteiger partial charge in [0.05, 0.1) is 19.6 Å². The summed E-state index contributed by atoms with van der Waals surface area (Å²) in [4.78, 5) is 0. The zero-order valence-electron chi connectivity index (χ0n) is 17.6. The summed E-state index contributed by atoms with van der Waals surface area (Å²) in [6.07, 6.45) is 22.5. The number of hydrogen-bond donors (Lipinski definition) is 1. The van der Waals surface area contributed by atoms with E-state index in [1.165, 1.54) is 127 Å².